The predicted molar refractivity (Wildman–Crippen MR) is 330 cm³/mol. The maximum atomic E-state index is 14.0. The van der Waals surface area contributed by atoms with Crippen molar-refractivity contribution in [2.75, 3.05) is 119 Å². The number of alkyl halides is 2. The van der Waals surface area contributed by atoms with E-state index in [0.717, 1.165) is 36.9 Å². The molecule has 0 aromatic heterocycles. The van der Waals surface area contributed by atoms with Crippen LogP contribution in [0.15, 0.2) is 82.9 Å². The highest BCUT2D eigenvalue weighted by Crippen LogP contribution is 2.38. The fraction of sp³-hybridized carbons (Fsp3) is 0.631. The maximum absolute atomic E-state index is 14.0. The molecule has 1 heterocycles. The fourth-order valence-electron chi connectivity index (χ4n) is 10.9. The summed E-state index contributed by atoms with van der Waals surface area (Å²) >= 11 is 0. The summed E-state index contributed by atoms with van der Waals surface area (Å²) in [5.41, 5.74) is 2.54. The summed E-state index contributed by atoms with van der Waals surface area (Å²) in [5, 5.41) is 25.9. The Morgan fingerprint density at radius 2 is 1.28 bits per heavy atom. The van der Waals surface area contributed by atoms with Gasteiger partial charge in [-0.3, -0.25) is 30.3 Å². The van der Waals surface area contributed by atoms with Crippen LogP contribution >= 0.6 is 0 Å². The van der Waals surface area contributed by atoms with E-state index in [1.807, 2.05) is 65.6 Å². The van der Waals surface area contributed by atoms with Crippen molar-refractivity contribution in [3.63, 3.8) is 0 Å². The monoisotopic (exact) mass is 1270 g/mol. The number of amidine groups is 2. The number of nitrogens with zero attached hydrogens (tertiary/aromatic N) is 4. The Bertz CT molecular complexity index is 2620. The van der Waals surface area contributed by atoms with Crippen LogP contribution in [-0.2, 0) is 58.8 Å². The number of rotatable bonds is 44. The molecule has 3 aliphatic rings. The number of amides is 1. The van der Waals surface area contributed by atoms with E-state index in [1.165, 1.54) is 6.21 Å². The molecule has 6 rings (SSSR count). The van der Waals surface area contributed by atoms with Crippen molar-refractivity contribution in [2.24, 2.45) is 27.8 Å². The minimum absolute atomic E-state index is 0.0349. The zero-order valence-electron chi connectivity index (χ0n) is 52.1. The van der Waals surface area contributed by atoms with Crippen LogP contribution in [0.4, 0.5) is 22.0 Å². The molecule has 1 saturated heterocycles. The molecule has 3 fully saturated rings. The predicted octanol–water partition coefficient (Wildman–Crippen LogP) is 9.26. The molecular weight excluding hydrogens is 1180 g/mol. The van der Waals surface area contributed by atoms with Crippen molar-refractivity contribution in [1.82, 2.24) is 15.1 Å². The van der Waals surface area contributed by atoms with E-state index >= 15 is 0 Å². The van der Waals surface area contributed by atoms with Gasteiger partial charge < -0.3 is 63.4 Å². The lowest BCUT2D eigenvalue weighted by Crippen LogP contribution is -2.51. The minimum atomic E-state index is -2.71. The number of aliphatic imine (C=N–C) groups is 1. The van der Waals surface area contributed by atoms with Crippen LogP contribution in [0.3, 0.4) is 0 Å². The van der Waals surface area contributed by atoms with Gasteiger partial charge >= 0.3 is 5.97 Å². The third kappa shape index (κ3) is 26.8. The minimum Gasteiger partial charge on any atom is -0.420 e. The molecular formula is C65H93F5N8O12. The Morgan fingerprint density at radius 3 is 1.87 bits per heavy atom. The molecule has 5 N–H and O–H groups in total. The first kappa shape index (κ1) is 73.2. The van der Waals surface area contributed by atoms with Crippen LogP contribution in [0, 0.1) is 40.1 Å². The van der Waals surface area contributed by atoms with E-state index in [1.54, 1.807) is 0 Å². The number of benzene rings is 3. The SMILES string of the molecule is CC(CC1CCC(C)N1CCC(NC(=O)C1CCC(F)(F)CC1)c1ccccc1)N(C(=N)CCOCCOCCOCCOC/C(C=NCCOCCOCCOCCOCCC(=O)Oc1c(F)cc(F)cc1F)=N/N)C(=N)C1CC(OCc2ccccc2)C1. The molecule has 1 amide bonds. The second-order valence-corrected chi connectivity index (χ2v) is 22.7. The highest BCUT2D eigenvalue weighted by Gasteiger charge is 2.41. The zero-order chi connectivity index (χ0) is 64.4. The average molecular weight is 1270 g/mol. The fourth-order valence-corrected chi connectivity index (χ4v) is 10.9. The van der Waals surface area contributed by atoms with Gasteiger partial charge in [0.1, 0.15) is 23.2 Å². The molecule has 20 nitrogen and oxygen atoms in total. The van der Waals surface area contributed by atoms with Gasteiger partial charge in [0.25, 0.3) is 0 Å². The van der Waals surface area contributed by atoms with Gasteiger partial charge in [-0.1, -0.05) is 60.7 Å². The van der Waals surface area contributed by atoms with Gasteiger partial charge in [-0.25, -0.2) is 22.0 Å². The van der Waals surface area contributed by atoms with Crippen molar-refractivity contribution in [3.05, 3.63) is 101 Å². The summed E-state index contributed by atoms with van der Waals surface area (Å²) in [4.78, 5) is 34.0. The maximum Gasteiger partial charge on any atom is 0.313 e. The van der Waals surface area contributed by atoms with Gasteiger partial charge in [0, 0.05) is 74.1 Å². The van der Waals surface area contributed by atoms with E-state index in [2.05, 4.69) is 38.9 Å². The summed E-state index contributed by atoms with van der Waals surface area (Å²) in [6.45, 7) is 10.4. The number of hydrazone groups is 1. The molecule has 3 aromatic carbocycles. The highest BCUT2D eigenvalue weighted by atomic mass is 19.3. The van der Waals surface area contributed by atoms with Crippen molar-refractivity contribution < 1.29 is 78.9 Å². The number of esters is 1. The number of likely N-dealkylation sites (tertiary alicyclic amines) is 1. The number of carbonyl (C=O) groups excluding carboxylic acids is 2. The number of carbonyl (C=O) groups is 2. The summed E-state index contributed by atoms with van der Waals surface area (Å²) in [6.07, 6.45) is 6.27. The van der Waals surface area contributed by atoms with E-state index in [9.17, 15) is 42.4 Å². The van der Waals surface area contributed by atoms with Gasteiger partial charge in [-0.2, -0.15) is 5.10 Å². The van der Waals surface area contributed by atoms with E-state index in [0.29, 0.717) is 154 Å². The standard InChI is InChI=1S/C65H93F5N8O12/c1-47-13-14-55(77(47)23-17-59(50-11-7-4-8-12-50)75-64(80)51-15-20-65(69,70)21-16-51)39-48(2)78(63(72)52-40-56(41-52)89-45-49-9-5-3-6-10-49)60(71)18-24-81-27-30-84-35-36-87-37-38-88-46-54(76-73)44-74-22-26-83-29-32-86-34-33-85-31-28-82-25-19-61(79)90-62-57(67)42-53(66)43-58(62)68/h3-12,42-44,47-48,51-52,55-56,59,71-72H,13-41,45-46,73H2,1-2H3,(H,75,80)/b71-60?,72-63?,74-44?,76-54+. The first-order chi connectivity index (χ1) is 43.6. The molecule has 25 heteroatoms. The third-order valence-electron chi connectivity index (χ3n) is 16.0. The quantitative estimate of drug-likeness (QED) is 0.00603. The summed E-state index contributed by atoms with van der Waals surface area (Å²) in [6, 6.07) is 20.8. The Balaban J connectivity index is 0.795. The Kier molecular flexibility index (Phi) is 33.2. The Hall–Kier alpha value is -5.87. The molecule has 1 aliphatic heterocycles. The normalized spacial score (nSPS) is 19.4. The van der Waals surface area contributed by atoms with Gasteiger partial charge in [0.2, 0.25) is 17.6 Å². The third-order valence-corrected chi connectivity index (χ3v) is 16.0. The van der Waals surface area contributed by atoms with Crippen molar-refractivity contribution >= 4 is 35.5 Å². The number of nitrogens with two attached hydrogens (primary N) is 1. The second kappa shape index (κ2) is 40.9. The van der Waals surface area contributed by atoms with Crippen LogP contribution < -0.4 is 15.9 Å². The lowest BCUT2D eigenvalue weighted by molar-refractivity contribution is -0.136. The number of hydrogen-bond donors (Lipinski definition) is 4. The zero-order valence-corrected chi connectivity index (χ0v) is 52.1. The molecule has 500 valence electrons. The van der Waals surface area contributed by atoms with Crippen LogP contribution in [0.2, 0.25) is 0 Å². The lowest BCUT2D eigenvalue weighted by Gasteiger charge is -2.43. The molecule has 0 radical (unpaired) electrons. The van der Waals surface area contributed by atoms with Gasteiger partial charge in [0.15, 0.2) is 11.6 Å². The molecule has 4 unspecified atom stereocenters. The van der Waals surface area contributed by atoms with Gasteiger partial charge in [-0.05, 0) is 76.3 Å². The highest BCUT2D eigenvalue weighted by molar-refractivity contribution is 6.31. The average Bonchev–Trinajstić information content (AvgIpc) is 2.80. The van der Waals surface area contributed by atoms with Gasteiger partial charge in [0.05, 0.1) is 137 Å². The largest absolute Gasteiger partial charge is 0.420 e. The Morgan fingerprint density at radius 1 is 0.733 bits per heavy atom. The molecule has 2 aliphatic carbocycles. The molecule has 0 bridgehead atoms. The first-order valence-corrected chi connectivity index (χ1v) is 31.4. The van der Waals surface area contributed by atoms with Crippen LogP contribution in [0.5, 0.6) is 5.75 Å². The number of halogens is 5. The van der Waals surface area contributed by atoms with Crippen molar-refractivity contribution in [3.8, 4) is 5.75 Å². The van der Waals surface area contributed by atoms with E-state index in [4.69, 9.17) is 48.5 Å². The van der Waals surface area contributed by atoms with Gasteiger partial charge in [-0.15, -0.1) is 0 Å². The van der Waals surface area contributed by atoms with E-state index < -0.39 is 41.0 Å². The number of hydrogen-bond acceptors (Lipinski definition) is 18. The van der Waals surface area contributed by atoms with Crippen LogP contribution in [0.1, 0.15) is 108 Å². The van der Waals surface area contributed by atoms with Crippen LogP contribution in [0.25, 0.3) is 0 Å². The molecule has 4 atom stereocenters. The number of nitrogens with one attached hydrogen (secondary N) is 3. The molecule has 2 saturated carbocycles. The summed E-state index contributed by atoms with van der Waals surface area (Å²) in [7, 11) is 0. The first-order valence-electron chi connectivity index (χ1n) is 31.4. The smallest absolute Gasteiger partial charge is 0.313 e. The molecule has 0 spiro atoms. The van der Waals surface area contributed by atoms with E-state index in [-0.39, 0.29) is 94.6 Å². The molecule has 90 heavy (non-hydrogen) atoms. The lowest BCUT2D eigenvalue weighted by atomic mass is 9.80. The number of ether oxygens (including phenoxy) is 10. The van der Waals surface area contributed by atoms with Crippen molar-refractivity contribution in [1.29, 1.82) is 10.8 Å². The summed E-state index contributed by atoms with van der Waals surface area (Å²) < 4.78 is 124. The Labute approximate surface area is 526 Å². The van der Waals surface area contributed by atoms with Crippen LogP contribution in [-0.4, -0.2) is 194 Å². The molecule has 3 aromatic rings. The summed E-state index contributed by atoms with van der Waals surface area (Å²) in [5.74, 6) is -2.69. The topological polar surface area (TPSA) is 243 Å². The second-order valence-electron chi connectivity index (χ2n) is 22.7. The van der Waals surface area contributed by atoms with Crippen molar-refractivity contribution in [2.45, 2.75) is 134 Å².